The van der Waals surface area contributed by atoms with E-state index in [0.29, 0.717) is 6.54 Å². The first kappa shape index (κ1) is 10.4. The van der Waals surface area contributed by atoms with Gasteiger partial charge in [-0.05, 0) is 13.0 Å². The molecule has 0 saturated carbocycles. The number of amides is 2. The van der Waals surface area contributed by atoms with Crippen LogP contribution >= 0.6 is 0 Å². The first-order chi connectivity index (χ1) is 6.65. The van der Waals surface area contributed by atoms with Crippen LogP contribution in [-0.4, -0.2) is 29.5 Å². The molecule has 0 saturated heterocycles. The lowest BCUT2D eigenvalue weighted by Gasteiger charge is -2.15. The molecule has 1 aromatic heterocycles. The van der Waals surface area contributed by atoms with E-state index in [1.54, 1.807) is 7.05 Å². The van der Waals surface area contributed by atoms with Crippen LogP contribution in [-0.2, 0) is 0 Å². The van der Waals surface area contributed by atoms with Gasteiger partial charge in [0.25, 0.3) is 0 Å². The minimum atomic E-state index is -0.537. The summed E-state index contributed by atoms with van der Waals surface area (Å²) in [6.45, 7) is 2.40. The Morgan fingerprint density at radius 2 is 2.43 bits per heavy atom. The molecule has 0 aliphatic rings. The number of hydrogen-bond donors (Lipinski definition) is 1. The minimum absolute atomic E-state index is 0.144. The van der Waals surface area contributed by atoms with E-state index in [4.69, 9.17) is 0 Å². The second-order valence-corrected chi connectivity index (χ2v) is 2.80. The Labute approximate surface area is 81.7 Å². The molecule has 0 bridgehead atoms. The molecule has 1 heterocycles. The fourth-order valence-corrected chi connectivity index (χ4v) is 0.831. The van der Waals surface area contributed by atoms with Crippen LogP contribution in [0.1, 0.15) is 6.92 Å². The lowest BCUT2D eigenvalue weighted by atomic mass is 10.4. The summed E-state index contributed by atoms with van der Waals surface area (Å²) in [5, 5.41) is 2.43. The van der Waals surface area contributed by atoms with Crippen molar-refractivity contribution < 1.29 is 9.18 Å². The fraction of sp³-hybridized carbons (Fsp3) is 0.333. The van der Waals surface area contributed by atoms with Gasteiger partial charge in [0, 0.05) is 19.8 Å². The molecule has 76 valence electrons. The second-order valence-electron chi connectivity index (χ2n) is 2.80. The number of hydrogen-bond acceptors (Lipinski definition) is 2. The van der Waals surface area contributed by atoms with Crippen molar-refractivity contribution in [2.45, 2.75) is 6.92 Å². The van der Waals surface area contributed by atoms with Gasteiger partial charge in [0.2, 0.25) is 0 Å². The van der Waals surface area contributed by atoms with E-state index in [1.807, 2.05) is 6.92 Å². The molecule has 0 fully saturated rings. The van der Waals surface area contributed by atoms with Crippen molar-refractivity contribution in [3.63, 3.8) is 0 Å². The maximum Gasteiger partial charge on any atom is 0.321 e. The average molecular weight is 197 g/mol. The molecule has 1 rings (SSSR count). The Balaban J connectivity index is 2.70. The van der Waals surface area contributed by atoms with Gasteiger partial charge in [-0.25, -0.2) is 9.18 Å². The predicted octanol–water partition coefficient (Wildman–Crippen LogP) is 1.70. The van der Waals surface area contributed by atoms with Crippen LogP contribution < -0.4 is 5.32 Å². The van der Waals surface area contributed by atoms with Crippen molar-refractivity contribution in [3.8, 4) is 0 Å². The molecule has 0 aliphatic heterocycles. The second kappa shape index (κ2) is 4.55. The van der Waals surface area contributed by atoms with Crippen LogP contribution in [0.15, 0.2) is 18.5 Å². The Bertz CT molecular complexity index is 330. The number of rotatable bonds is 2. The molecular weight excluding hydrogens is 185 g/mol. The van der Waals surface area contributed by atoms with Crippen LogP contribution in [0.4, 0.5) is 14.9 Å². The number of anilines is 1. The van der Waals surface area contributed by atoms with Crippen LogP contribution in [0.2, 0.25) is 0 Å². The molecule has 0 radical (unpaired) electrons. The van der Waals surface area contributed by atoms with E-state index >= 15 is 0 Å². The van der Waals surface area contributed by atoms with E-state index in [-0.39, 0.29) is 11.7 Å². The number of nitrogens with one attached hydrogen (secondary N) is 1. The third-order valence-corrected chi connectivity index (χ3v) is 1.84. The lowest BCUT2D eigenvalue weighted by Crippen LogP contribution is -2.31. The van der Waals surface area contributed by atoms with E-state index in [2.05, 4.69) is 10.3 Å². The highest BCUT2D eigenvalue weighted by atomic mass is 19.1. The number of aromatic nitrogens is 1. The van der Waals surface area contributed by atoms with E-state index in [9.17, 15) is 9.18 Å². The van der Waals surface area contributed by atoms with E-state index < -0.39 is 5.82 Å². The first-order valence-electron chi connectivity index (χ1n) is 4.26. The molecule has 0 spiro atoms. The highest BCUT2D eigenvalue weighted by molar-refractivity contribution is 5.89. The zero-order chi connectivity index (χ0) is 10.6. The topological polar surface area (TPSA) is 45.2 Å². The maximum atomic E-state index is 13.0. The van der Waals surface area contributed by atoms with Gasteiger partial charge in [0.15, 0.2) is 5.82 Å². The monoisotopic (exact) mass is 197 g/mol. The first-order valence-corrected chi connectivity index (χ1v) is 4.26. The third kappa shape index (κ3) is 2.42. The Morgan fingerprint density at radius 1 is 1.71 bits per heavy atom. The highest BCUT2D eigenvalue weighted by Crippen LogP contribution is 2.10. The number of pyridine rings is 1. The Kier molecular flexibility index (Phi) is 3.39. The lowest BCUT2D eigenvalue weighted by molar-refractivity contribution is 0.224. The van der Waals surface area contributed by atoms with Crippen LogP contribution in [0.3, 0.4) is 0 Å². The van der Waals surface area contributed by atoms with Crippen LogP contribution in [0.25, 0.3) is 0 Å². The van der Waals surface area contributed by atoms with Gasteiger partial charge >= 0.3 is 6.03 Å². The standard InChI is InChI=1S/C9H12FN3O/c1-3-13(2)9(14)12-8-4-5-11-6-7(8)10/h4-6H,3H2,1-2H3,(H,11,12,14). The van der Waals surface area contributed by atoms with Gasteiger partial charge < -0.3 is 10.2 Å². The average Bonchev–Trinajstić information content (AvgIpc) is 2.20. The van der Waals surface area contributed by atoms with Crippen molar-refractivity contribution in [3.05, 3.63) is 24.3 Å². The summed E-state index contributed by atoms with van der Waals surface area (Å²) in [6, 6.07) is 1.08. The molecular formula is C9H12FN3O. The van der Waals surface area contributed by atoms with Gasteiger partial charge in [-0.3, -0.25) is 4.98 Å². The minimum Gasteiger partial charge on any atom is -0.328 e. The molecule has 0 unspecified atom stereocenters. The molecule has 4 nitrogen and oxygen atoms in total. The summed E-state index contributed by atoms with van der Waals surface area (Å²) in [4.78, 5) is 16.3. The number of nitrogens with zero attached hydrogens (tertiary/aromatic N) is 2. The normalized spacial score (nSPS) is 9.64. The molecule has 2 amide bonds. The predicted molar refractivity (Wildman–Crippen MR) is 51.5 cm³/mol. The van der Waals surface area contributed by atoms with Crippen molar-refractivity contribution >= 4 is 11.7 Å². The number of carbonyl (C=O) groups excluding carboxylic acids is 1. The number of halogens is 1. The molecule has 14 heavy (non-hydrogen) atoms. The largest absolute Gasteiger partial charge is 0.328 e. The number of carbonyl (C=O) groups is 1. The van der Waals surface area contributed by atoms with Crippen molar-refractivity contribution in [1.29, 1.82) is 0 Å². The van der Waals surface area contributed by atoms with E-state index in [0.717, 1.165) is 6.20 Å². The van der Waals surface area contributed by atoms with Crippen molar-refractivity contribution in [2.75, 3.05) is 18.9 Å². The van der Waals surface area contributed by atoms with Crippen molar-refractivity contribution in [2.24, 2.45) is 0 Å². The van der Waals surface area contributed by atoms with Crippen LogP contribution in [0.5, 0.6) is 0 Å². The quantitative estimate of drug-likeness (QED) is 0.784. The molecule has 0 aliphatic carbocycles. The smallest absolute Gasteiger partial charge is 0.321 e. The Morgan fingerprint density at radius 3 is 3.00 bits per heavy atom. The fourth-order valence-electron chi connectivity index (χ4n) is 0.831. The highest BCUT2D eigenvalue weighted by Gasteiger charge is 2.08. The molecule has 5 heteroatoms. The molecule has 1 N–H and O–H groups in total. The van der Waals surface area contributed by atoms with Crippen LogP contribution in [0, 0.1) is 5.82 Å². The van der Waals surface area contributed by atoms with Gasteiger partial charge in [-0.15, -0.1) is 0 Å². The zero-order valence-electron chi connectivity index (χ0n) is 8.12. The van der Waals surface area contributed by atoms with Gasteiger partial charge in [0.1, 0.15) is 0 Å². The summed E-state index contributed by atoms with van der Waals surface area (Å²) in [5.74, 6) is -0.537. The van der Waals surface area contributed by atoms with Gasteiger partial charge in [0.05, 0.1) is 11.9 Å². The zero-order valence-corrected chi connectivity index (χ0v) is 8.12. The summed E-state index contributed by atoms with van der Waals surface area (Å²) >= 11 is 0. The summed E-state index contributed by atoms with van der Waals surface area (Å²) in [6.07, 6.45) is 2.48. The summed E-state index contributed by atoms with van der Waals surface area (Å²) < 4.78 is 13.0. The molecule has 0 aromatic carbocycles. The third-order valence-electron chi connectivity index (χ3n) is 1.84. The number of urea groups is 1. The summed E-state index contributed by atoms with van der Waals surface area (Å²) in [5.41, 5.74) is 0.144. The van der Waals surface area contributed by atoms with Gasteiger partial charge in [-0.1, -0.05) is 0 Å². The van der Waals surface area contributed by atoms with Gasteiger partial charge in [-0.2, -0.15) is 0 Å². The molecule has 0 atom stereocenters. The summed E-state index contributed by atoms with van der Waals surface area (Å²) in [7, 11) is 1.63. The van der Waals surface area contributed by atoms with E-state index in [1.165, 1.54) is 17.2 Å². The molecule has 1 aromatic rings. The SMILES string of the molecule is CCN(C)C(=O)Nc1ccncc1F. The van der Waals surface area contributed by atoms with Crippen molar-refractivity contribution in [1.82, 2.24) is 9.88 Å². The maximum absolute atomic E-state index is 13.0. The Hall–Kier alpha value is -1.65.